The largest absolute Gasteiger partial charge is 0.368 e. The van der Waals surface area contributed by atoms with Crippen LogP contribution in [-0.4, -0.2) is 59.9 Å². The van der Waals surface area contributed by atoms with Gasteiger partial charge in [0.05, 0.1) is 17.9 Å². The Balaban J connectivity index is 1.19. The lowest BCUT2D eigenvalue weighted by Gasteiger charge is -2.28. The quantitative estimate of drug-likeness (QED) is 0.171. The molecule has 0 unspecified atom stereocenters. The van der Waals surface area contributed by atoms with Gasteiger partial charge in [-0.2, -0.15) is 5.10 Å². The van der Waals surface area contributed by atoms with Crippen LogP contribution >= 0.6 is 11.8 Å². The number of aromatic amines is 1. The van der Waals surface area contributed by atoms with Gasteiger partial charge >= 0.3 is 0 Å². The normalized spacial score (nSPS) is 18.8. The van der Waals surface area contributed by atoms with Gasteiger partial charge in [-0.3, -0.25) is 4.68 Å². The Hall–Kier alpha value is -2.70. The maximum atomic E-state index is 5.95. The number of H-pyrrole nitrogens is 1. The average molecular weight is 526 g/mol. The van der Waals surface area contributed by atoms with Crippen molar-refractivity contribution in [3.05, 3.63) is 31.0 Å². The lowest BCUT2D eigenvalue weighted by Crippen LogP contribution is -2.22. The number of ether oxygens (including phenoxy) is 1. The van der Waals surface area contributed by atoms with E-state index in [1.807, 2.05) is 12.4 Å². The van der Waals surface area contributed by atoms with Crippen molar-refractivity contribution in [2.24, 2.45) is 5.92 Å². The molecule has 0 atom stereocenters. The average Bonchev–Trinajstić information content (AvgIpc) is 3.60. The van der Waals surface area contributed by atoms with Crippen LogP contribution in [0.1, 0.15) is 31.7 Å². The third kappa shape index (κ3) is 5.98. The zero-order valence-electron chi connectivity index (χ0n) is 21.2. The molecule has 4 heterocycles. The molecule has 0 bridgehead atoms. The number of thioether (sulfide) groups is 1. The minimum atomic E-state index is -1.10. The lowest BCUT2D eigenvalue weighted by molar-refractivity contribution is 0.0899. The number of hydrogen-bond acceptors (Lipinski definition) is 8. The molecule has 36 heavy (non-hydrogen) atoms. The number of rotatable bonds is 10. The lowest BCUT2D eigenvalue weighted by atomic mass is 9.87. The number of nitrogens with one attached hydrogen (secondary N) is 1. The van der Waals surface area contributed by atoms with E-state index in [0.29, 0.717) is 24.6 Å². The highest BCUT2D eigenvalue weighted by atomic mass is 32.2. The molecule has 5 rings (SSSR count). The van der Waals surface area contributed by atoms with Crippen LogP contribution in [0.4, 0.5) is 5.95 Å². The molecule has 0 aliphatic heterocycles. The van der Waals surface area contributed by atoms with Crippen molar-refractivity contribution in [1.82, 2.24) is 39.5 Å². The molecule has 12 heteroatoms. The molecule has 0 radical (unpaired) electrons. The summed E-state index contributed by atoms with van der Waals surface area (Å²) < 4.78 is 10.1. The second-order valence-electron chi connectivity index (χ2n) is 10.8. The van der Waals surface area contributed by atoms with E-state index in [4.69, 9.17) is 15.6 Å². The molecule has 4 aromatic rings. The van der Waals surface area contributed by atoms with Crippen molar-refractivity contribution < 1.29 is 4.74 Å². The van der Waals surface area contributed by atoms with E-state index in [0.717, 1.165) is 58.7 Å². The molecule has 1 aliphatic rings. The van der Waals surface area contributed by atoms with E-state index >= 15 is 0 Å². The van der Waals surface area contributed by atoms with E-state index in [-0.39, 0.29) is 0 Å². The molecule has 0 aromatic carbocycles. The Morgan fingerprint density at radius 3 is 2.75 bits per heavy atom. The van der Waals surface area contributed by atoms with Crippen molar-refractivity contribution in [2.45, 2.75) is 69.3 Å². The molecular weight excluding hydrogens is 490 g/mol. The Morgan fingerprint density at radius 2 is 2.00 bits per heavy atom. The van der Waals surface area contributed by atoms with Gasteiger partial charge in [0.1, 0.15) is 18.7 Å². The standard InChI is InChI=1S/C24H35N9OSSi/c1-36(2,3)11-10-34-16-32-9-8-20-21(26-15-27-22(20)32)18-12-28-33(13-18)19-6-4-17(5-7-19)14-35-24-29-23(25)30-31-24/h8-9,12-13,15,17,19H,4-7,10-11,14,16H2,1-3H3,(H3,25,29,30,31)/t17-,19+. The van der Waals surface area contributed by atoms with Crippen molar-refractivity contribution in [1.29, 1.82) is 0 Å². The van der Waals surface area contributed by atoms with Crippen LogP contribution in [-0.2, 0) is 11.5 Å². The molecule has 0 saturated heterocycles. The molecule has 4 aromatic heterocycles. The predicted octanol–water partition coefficient (Wildman–Crippen LogP) is 4.83. The molecule has 3 N–H and O–H groups in total. The van der Waals surface area contributed by atoms with E-state index in [9.17, 15) is 0 Å². The number of anilines is 1. The summed E-state index contributed by atoms with van der Waals surface area (Å²) in [5.41, 5.74) is 8.46. The number of nitrogens with two attached hydrogens (primary N) is 1. The first-order chi connectivity index (χ1) is 17.4. The van der Waals surface area contributed by atoms with Gasteiger partial charge in [0.25, 0.3) is 0 Å². The minimum absolute atomic E-state index is 0.374. The van der Waals surface area contributed by atoms with Crippen LogP contribution in [0, 0.1) is 5.92 Å². The van der Waals surface area contributed by atoms with Gasteiger partial charge < -0.3 is 20.0 Å². The third-order valence-corrected chi connectivity index (χ3v) is 9.59. The highest BCUT2D eigenvalue weighted by Gasteiger charge is 2.24. The molecule has 1 aliphatic carbocycles. The number of nitrogen functional groups attached to an aromatic ring is 1. The van der Waals surface area contributed by atoms with E-state index in [1.165, 1.54) is 12.8 Å². The van der Waals surface area contributed by atoms with E-state index < -0.39 is 8.07 Å². The van der Waals surface area contributed by atoms with Crippen LogP contribution in [0.5, 0.6) is 0 Å². The predicted molar refractivity (Wildman–Crippen MR) is 145 cm³/mol. The summed E-state index contributed by atoms with van der Waals surface area (Å²) in [5.74, 6) is 2.07. The van der Waals surface area contributed by atoms with Crippen LogP contribution in [0.3, 0.4) is 0 Å². The third-order valence-electron chi connectivity index (χ3n) is 6.79. The molecule has 0 amide bonds. The fourth-order valence-electron chi connectivity index (χ4n) is 4.64. The zero-order chi connectivity index (χ0) is 25.1. The van der Waals surface area contributed by atoms with E-state index in [1.54, 1.807) is 18.1 Å². The van der Waals surface area contributed by atoms with Crippen molar-refractivity contribution >= 4 is 36.8 Å². The molecule has 10 nitrogen and oxygen atoms in total. The summed E-state index contributed by atoms with van der Waals surface area (Å²) in [4.78, 5) is 12.1. The van der Waals surface area contributed by atoms with E-state index in [2.05, 4.69) is 66.3 Å². The van der Waals surface area contributed by atoms with Gasteiger partial charge in [-0.15, -0.1) is 10.2 Å². The molecule has 192 valence electrons. The summed E-state index contributed by atoms with van der Waals surface area (Å²) in [6.07, 6.45) is 12.3. The maximum Gasteiger partial charge on any atom is 0.220 e. The van der Waals surface area contributed by atoms with Crippen molar-refractivity contribution in [2.75, 3.05) is 18.1 Å². The number of hydrogen-bond donors (Lipinski definition) is 2. The Morgan fingerprint density at radius 1 is 1.17 bits per heavy atom. The molecule has 1 fully saturated rings. The summed E-state index contributed by atoms with van der Waals surface area (Å²) in [7, 11) is -1.10. The first-order valence-corrected chi connectivity index (χ1v) is 17.3. The highest BCUT2D eigenvalue weighted by molar-refractivity contribution is 7.99. The van der Waals surface area contributed by atoms with Gasteiger partial charge in [0, 0.05) is 43.8 Å². The summed E-state index contributed by atoms with van der Waals surface area (Å²) >= 11 is 1.70. The molecular formula is C24H35N9OSSi. The monoisotopic (exact) mass is 525 g/mol. The zero-order valence-corrected chi connectivity index (χ0v) is 23.0. The van der Waals surface area contributed by atoms with Gasteiger partial charge in [-0.1, -0.05) is 31.4 Å². The van der Waals surface area contributed by atoms with Crippen LogP contribution < -0.4 is 5.73 Å². The SMILES string of the molecule is C[Si](C)(C)CCOCn1ccc2c(-c3cnn([C@H]4CC[C@@H](CSc5nnc(N)[nH]5)CC4)c3)ncnc21. The minimum Gasteiger partial charge on any atom is -0.368 e. The smallest absolute Gasteiger partial charge is 0.220 e. The van der Waals surface area contributed by atoms with Crippen molar-refractivity contribution in [3.63, 3.8) is 0 Å². The van der Waals surface area contributed by atoms with Crippen LogP contribution in [0.25, 0.3) is 22.3 Å². The first kappa shape index (κ1) is 25.0. The van der Waals surface area contributed by atoms with Gasteiger partial charge in [-0.05, 0) is 43.7 Å². The Kier molecular flexibility index (Phi) is 7.44. The maximum absolute atomic E-state index is 5.95. The fraction of sp³-hybridized carbons (Fsp3) is 0.542. The fourth-order valence-corrected chi connectivity index (χ4v) is 6.39. The Labute approximate surface area is 216 Å². The molecule has 1 saturated carbocycles. The topological polar surface area (TPSA) is 125 Å². The number of nitrogens with zero attached hydrogens (tertiary/aromatic N) is 7. The molecule has 0 spiro atoms. The summed E-state index contributed by atoms with van der Waals surface area (Å²) in [5, 5.41) is 14.4. The summed E-state index contributed by atoms with van der Waals surface area (Å²) in [6.45, 7) is 8.39. The van der Waals surface area contributed by atoms with Crippen LogP contribution in [0.2, 0.25) is 25.7 Å². The Bertz CT molecular complexity index is 1290. The summed E-state index contributed by atoms with van der Waals surface area (Å²) in [6, 6.07) is 3.65. The van der Waals surface area contributed by atoms with Gasteiger partial charge in [0.2, 0.25) is 5.95 Å². The van der Waals surface area contributed by atoms with Crippen LogP contribution in [0.15, 0.2) is 36.1 Å². The van der Waals surface area contributed by atoms with Gasteiger partial charge in [-0.25, -0.2) is 9.97 Å². The highest BCUT2D eigenvalue weighted by Crippen LogP contribution is 2.35. The van der Waals surface area contributed by atoms with Gasteiger partial charge in [0.15, 0.2) is 5.16 Å². The number of fused-ring (bicyclic) bond motifs is 1. The van der Waals surface area contributed by atoms with Crippen molar-refractivity contribution in [3.8, 4) is 11.3 Å². The second-order valence-corrected chi connectivity index (χ2v) is 17.4. The second kappa shape index (κ2) is 10.7. The number of aromatic nitrogens is 8. The first-order valence-electron chi connectivity index (χ1n) is 12.6.